The molecular formula is C22H37N5OS. The van der Waals surface area contributed by atoms with Crippen LogP contribution in [-0.2, 0) is 0 Å². The van der Waals surface area contributed by atoms with Gasteiger partial charge in [-0.2, -0.15) is 11.8 Å². The minimum Gasteiger partial charge on any atom is -0.468 e. The minimum atomic E-state index is 0.269. The van der Waals surface area contributed by atoms with Gasteiger partial charge in [-0.1, -0.05) is 12.8 Å². The van der Waals surface area contributed by atoms with E-state index in [1.54, 1.807) is 6.26 Å². The van der Waals surface area contributed by atoms with Crippen molar-refractivity contribution < 1.29 is 4.42 Å². The van der Waals surface area contributed by atoms with E-state index in [2.05, 4.69) is 43.3 Å². The maximum Gasteiger partial charge on any atom is 0.191 e. The van der Waals surface area contributed by atoms with E-state index in [1.807, 2.05) is 13.1 Å². The maximum atomic E-state index is 5.76. The summed E-state index contributed by atoms with van der Waals surface area (Å²) in [5.74, 6) is 4.51. The molecule has 1 saturated carbocycles. The van der Waals surface area contributed by atoms with Crippen LogP contribution in [-0.4, -0.2) is 79.1 Å². The molecule has 6 nitrogen and oxygen atoms in total. The molecule has 29 heavy (non-hydrogen) atoms. The Balaban J connectivity index is 1.34. The molecule has 1 unspecified atom stereocenters. The third-order valence-corrected chi connectivity index (χ3v) is 7.88. The second kappa shape index (κ2) is 10.2. The number of likely N-dealkylation sites (tertiary alicyclic amines) is 1. The lowest BCUT2D eigenvalue weighted by atomic mass is 9.94. The van der Waals surface area contributed by atoms with Gasteiger partial charge in [-0.3, -0.25) is 14.8 Å². The third kappa shape index (κ3) is 5.12. The third-order valence-electron chi connectivity index (χ3n) is 6.94. The molecule has 3 heterocycles. The van der Waals surface area contributed by atoms with Crippen LogP contribution in [0.5, 0.6) is 0 Å². The van der Waals surface area contributed by atoms with Crippen LogP contribution in [0.2, 0.25) is 0 Å². The minimum absolute atomic E-state index is 0.269. The first-order valence-corrected chi connectivity index (χ1v) is 12.5. The predicted octanol–water partition coefficient (Wildman–Crippen LogP) is 2.94. The summed E-state index contributed by atoms with van der Waals surface area (Å²) in [6.07, 6.45) is 9.67. The van der Waals surface area contributed by atoms with Crippen LogP contribution in [0.3, 0.4) is 0 Å². The summed E-state index contributed by atoms with van der Waals surface area (Å²) < 4.78 is 5.76. The molecule has 4 rings (SSSR count). The van der Waals surface area contributed by atoms with Crippen LogP contribution in [0.1, 0.15) is 50.3 Å². The van der Waals surface area contributed by atoms with E-state index in [0.29, 0.717) is 5.54 Å². The van der Waals surface area contributed by atoms with Gasteiger partial charge in [0.1, 0.15) is 5.76 Å². The zero-order chi connectivity index (χ0) is 19.9. The van der Waals surface area contributed by atoms with Crippen molar-refractivity contribution >= 4 is 17.7 Å². The number of guanidine groups is 1. The average molecular weight is 420 g/mol. The Hall–Kier alpha value is -1.18. The van der Waals surface area contributed by atoms with Crippen molar-refractivity contribution in [2.24, 2.45) is 4.99 Å². The fourth-order valence-corrected chi connectivity index (χ4v) is 6.18. The van der Waals surface area contributed by atoms with Crippen molar-refractivity contribution in [2.75, 3.05) is 57.8 Å². The number of nitrogens with zero attached hydrogens (tertiary/aromatic N) is 3. The molecule has 162 valence electrons. The number of rotatable bonds is 7. The Morgan fingerprint density at radius 1 is 1.14 bits per heavy atom. The number of nitrogens with one attached hydrogen (secondary N) is 2. The molecule has 0 radical (unpaired) electrons. The van der Waals surface area contributed by atoms with Gasteiger partial charge in [-0.05, 0) is 50.9 Å². The summed E-state index contributed by atoms with van der Waals surface area (Å²) in [6, 6.07) is 4.36. The van der Waals surface area contributed by atoms with Crippen LogP contribution in [0.15, 0.2) is 27.8 Å². The number of furan rings is 1. The molecule has 0 aromatic carbocycles. The molecule has 3 fully saturated rings. The van der Waals surface area contributed by atoms with Crippen molar-refractivity contribution in [3.8, 4) is 0 Å². The monoisotopic (exact) mass is 419 g/mol. The first-order valence-electron chi connectivity index (χ1n) is 11.4. The number of hydrogen-bond donors (Lipinski definition) is 2. The average Bonchev–Trinajstić information content (AvgIpc) is 3.55. The normalized spacial score (nSPS) is 24.7. The van der Waals surface area contributed by atoms with Crippen LogP contribution in [0.4, 0.5) is 0 Å². The summed E-state index contributed by atoms with van der Waals surface area (Å²) >= 11 is 2.10. The lowest BCUT2D eigenvalue weighted by molar-refractivity contribution is 0.107. The topological polar surface area (TPSA) is 56.0 Å². The van der Waals surface area contributed by atoms with E-state index in [4.69, 9.17) is 4.42 Å². The van der Waals surface area contributed by atoms with Gasteiger partial charge in [0.15, 0.2) is 5.96 Å². The molecule has 1 atom stereocenters. The Labute approximate surface area is 179 Å². The Morgan fingerprint density at radius 2 is 1.90 bits per heavy atom. The quantitative estimate of drug-likeness (QED) is 0.524. The zero-order valence-electron chi connectivity index (χ0n) is 17.9. The van der Waals surface area contributed by atoms with Crippen molar-refractivity contribution in [3.05, 3.63) is 24.2 Å². The van der Waals surface area contributed by atoms with E-state index in [9.17, 15) is 0 Å². The second-order valence-electron chi connectivity index (χ2n) is 8.61. The van der Waals surface area contributed by atoms with Crippen molar-refractivity contribution in [2.45, 2.75) is 50.1 Å². The van der Waals surface area contributed by atoms with E-state index < -0.39 is 0 Å². The fraction of sp³-hybridized carbons (Fsp3) is 0.773. The molecule has 1 aromatic heterocycles. The molecule has 0 spiro atoms. The van der Waals surface area contributed by atoms with Crippen molar-refractivity contribution in [3.63, 3.8) is 0 Å². The molecule has 0 bridgehead atoms. The number of hydrogen-bond acceptors (Lipinski definition) is 5. The smallest absolute Gasteiger partial charge is 0.191 e. The van der Waals surface area contributed by atoms with Crippen molar-refractivity contribution in [1.82, 2.24) is 20.4 Å². The van der Waals surface area contributed by atoms with Gasteiger partial charge < -0.3 is 15.1 Å². The van der Waals surface area contributed by atoms with E-state index in [0.717, 1.165) is 37.9 Å². The second-order valence-corrected chi connectivity index (χ2v) is 9.84. The zero-order valence-corrected chi connectivity index (χ0v) is 18.7. The van der Waals surface area contributed by atoms with Crippen LogP contribution < -0.4 is 10.6 Å². The number of thioether (sulfide) groups is 1. The molecule has 2 saturated heterocycles. The largest absolute Gasteiger partial charge is 0.468 e. The molecule has 0 amide bonds. The maximum absolute atomic E-state index is 5.76. The van der Waals surface area contributed by atoms with Crippen molar-refractivity contribution in [1.29, 1.82) is 0 Å². The highest BCUT2D eigenvalue weighted by Crippen LogP contribution is 2.36. The van der Waals surface area contributed by atoms with Crippen LogP contribution in [0.25, 0.3) is 0 Å². The molecule has 1 aliphatic carbocycles. The Kier molecular flexibility index (Phi) is 7.43. The van der Waals surface area contributed by atoms with E-state index in [-0.39, 0.29) is 6.04 Å². The lowest BCUT2D eigenvalue weighted by Gasteiger charge is -2.43. The van der Waals surface area contributed by atoms with Crippen LogP contribution >= 0.6 is 11.8 Å². The molecular weight excluding hydrogens is 382 g/mol. The first-order chi connectivity index (χ1) is 14.3. The highest BCUT2D eigenvalue weighted by molar-refractivity contribution is 7.99. The first kappa shape index (κ1) is 21.1. The standard InChI is InChI=1S/C22H37N5OS/c1-23-21(24-17-19(20-7-6-14-28-20)26-10-4-5-11-26)25-18-22(8-2-3-9-22)27-12-15-29-16-13-27/h6-7,14,19H,2-5,8-13,15-18H2,1H3,(H2,23,24,25). The van der Waals surface area contributed by atoms with Gasteiger partial charge in [-0.15, -0.1) is 0 Å². The molecule has 1 aromatic rings. The fourth-order valence-electron chi connectivity index (χ4n) is 5.28. The van der Waals surface area contributed by atoms with Gasteiger partial charge in [0.05, 0.1) is 12.3 Å². The lowest BCUT2D eigenvalue weighted by Crippen LogP contribution is -2.57. The summed E-state index contributed by atoms with van der Waals surface area (Å²) in [5.41, 5.74) is 0.313. The van der Waals surface area contributed by atoms with E-state index >= 15 is 0 Å². The van der Waals surface area contributed by atoms with Gasteiger partial charge in [-0.25, -0.2) is 0 Å². The summed E-state index contributed by atoms with van der Waals surface area (Å²) in [7, 11) is 1.88. The van der Waals surface area contributed by atoms with Gasteiger partial charge >= 0.3 is 0 Å². The highest BCUT2D eigenvalue weighted by Gasteiger charge is 2.40. The van der Waals surface area contributed by atoms with Gasteiger partial charge in [0.2, 0.25) is 0 Å². The van der Waals surface area contributed by atoms with E-state index in [1.165, 1.54) is 63.1 Å². The SMILES string of the molecule is CN=C(NCC(c1ccco1)N1CCCC1)NCC1(N2CCSCC2)CCCC1. The molecule has 2 aliphatic heterocycles. The summed E-state index contributed by atoms with van der Waals surface area (Å²) in [4.78, 5) is 9.82. The Bertz CT molecular complexity index is 632. The Morgan fingerprint density at radius 3 is 2.55 bits per heavy atom. The molecule has 2 N–H and O–H groups in total. The van der Waals surface area contributed by atoms with Gasteiger partial charge in [0.25, 0.3) is 0 Å². The summed E-state index contributed by atoms with van der Waals surface area (Å²) in [5, 5.41) is 7.28. The number of aliphatic imine (C=N–C) groups is 1. The summed E-state index contributed by atoms with van der Waals surface area (Å²) in [6.45, 7) is 6.57. The predicted molar refractivity (Wildman–Crippen MR) is 122 cm³/mol. The van der Waals surface area contributed by atoms with Gasteiger partial charge in [0, 0.05) is 50.3 Å². The highest BCUT2D eigenvalue weighted by atomic mass is 32.2. The van der Waals surface area contributed by atoms with Crippen LogP contribution in [0, 0.1) is 0 Å². The molecule has 7 heteroatoms. The molecule has 3 aliphatic rings.